The summed E-state index contributed by atoms with van der Waals surface area (Å²) < 4.78 is 5.37. The van der Waals surface area contributed by atoms with Gasteiger partial charge in [0.15, 0.2) is 0 Å². The standard InChI is InChI=1S/C14H14N2O3/c17-13(18)9-16-7-6-12-11(8-16)14(15-19-12)10-4-2-1-3-5-10/h1-5H,6-9H2,(H,17,18). The van der Waals surface area contributed by atoms with E-state index in [1.54, 1.807) is 0 Å². The lowest BCUT2D eigenvalue weighted by Crippen LogP contribution is -2.34. The first-order valence-electron chi connectivity index (χ1n) is 6.21. The lowest BCUT2D eigenvalue weighted by Gasteiger charge is -2.24. The molecule has 0 aliphatic carbocycles. The Labute approximate surface area is 110 Å². The number of aromatic nitrogens is 1. The topological polar surface area (TPSA) is 66.6 Å². The minimum absolute atomic E-state index is 0.0544. The number of hydrogen-bond donors (Lipinski definition) is 1. The highest BCUT2D eigenvalue weighted by atomic mass is 16.5. The average molecular weight is 258 g/mol. The van der Waals surface area contributed by atoms with Crippen molar-refractivity contribution in [2.75, 3.05) is 13.1 Å². The van der Waals surface area contributed by atoms with E-state index in [-0.39, 0.29) is 6.54 Å². The van der Waals surface area contributed by atoms with E-state index in [2.05, 4.69) is 5.16 Å². The highest BCUT2D eigenvalue weighted by Crippen LogP contribution is 2.29. The zero-order chi connectivity index (χ0) is 13.2. The lowest BCUT2D eigenvalue weighted by atomic mass is 10.0. The Bertz CT molecular complexity index is 592. The zero-order valence-corrected chi connectivity index (χ0v) is 10.4. The van der Waals surface area contributed by atoms with Crippen LogP contribution in [-0.2, 0) is 17.8 Å². The molecule has 1 aromatic carbocycles. The van der Waals surface area contributed by atoms with Gasteiger partial charge in [0, 0.05) is 30.6 Å². The molecule has 0 fully saturated rings. The van der Waals surface area contributed by atoms with E-state index in [0.717, 1.165) is 22.6 Å². The van der Waals surface area contributed by atoms with Crippen molar-refractivity contribution < 1.29 is 14.4 Å². The Balaban J connectivity index is 1.91. The third-order valence-electron chi connectivity index (χ3n) is 3.31. The molecule has 0 atom stereocenters. The smallest absolute Gasteiger partial charge is 0.317 e. The van der Waals surface area contributed by atoms with Gasteiger partial charge in [0.2, 0.25) is 0 Å². The number of carboxylic acid groups (broad SMARTS) is 1. The average Bonchev–Trinajstić information content (AvgIpc) is 2.82. The van der Waals surface area contributed by atoms with Crippen molar-refractivity contribution in [3.8, 4) is 11.3 Å². The third-order valence-corrected chi connectivity index (χ3v) is 3.31. The van der Waals surface area contributed by atoms with Crippen LogP contribution in [0, 0.1) is 0 Å². The van der Waals surface area contributed by atoms with Crippen LogP contribution in [0.2, 0.25) is 0 Å². The van der Waals surface area contributed by atoms with Crippen LogP contribution in [0.4, 0.5) is 0 Å². The van der Waals surface area contributed by atoms with Gasteiger partial charge in [0.05, 0.1) is 6.54 Å². The summed E-state index contributed by atoms with van der Waals surface area (Å²) in [5, 5.41) is 13.0. The highest BCUT2D eigenvalue weighted by molar-refractivity contribution is 5.69. The number of carboxylic acids is 1. The first-order valence-corrected chi connectivity index (χ1v) is 6.21. The maximum Gasteiger partial charge on any atom is 0.317 e. The van der Waals surface area contributed by atoms with Gasteiger partial charge in [0.25, 0.3) is 0 Å². The summed E-state index contributed by atoms with van der Waals surface area (Å²) in [6.45, 7) is 1.33. The Morgan fingerprint density at radius 3 is 2.89 bits per heavy atom. The van der Waals surface area contributed by atoms with E-state index in [1.807, 2.05) is 35.2 Å². The Morgan fingerprint density at radius 2 is 2.16 bits per heavy atom. The molecular weight excluding hydrogens is 244 g/mol. The number of rotatable bonds is 3. The minimum atomic E-state index is -0.804. The predicted molar refractivity (Wildman–Crippen MR) is 68.6 cm³/mol. The number of carbonyl (C=O) groups is 1. The molecule has 1 aliphatic heterocycles. The van der Waals surface area contributed by atoms with Crippen molar-refractivity contribution in [2.24, 2.45) is 0 Å². The van der Waals surface area contributed by atoms with Crippen molar-refractivity contribution >= 4 is 5.97 Å². The summed E-state index contributed by atoms with van der Waals surface area (Å²) in [7, 11) is 0. The number of aliphatic carboxylic acids is 1. The molecular formula is C14H14N2O3. The highest BCUT2D eigenvalue weighted by Gasteiger charge is 2.25. The molecule has 1 aromatic heterocycles. The van der Waals surface area contributed by atoms with Gasteiger partial charge < -0.3 is 9.63 Å². The Hall–Kier alpha value is -2.14. The van der Waals surface area contributed by atoms with E-state index in [0.29, 0.717) is 19.5 Å². The fourth-order valence-corrected chi connectivity index (χ4v) is 2.41. The second kappa shape index (κ2) is 4.85. The molecule has 98 valence electrons. The third kappa shape index (κ3) is 2.37. The summed E-state index contributed by atoms with van der Waals surface area (Å²) in [4.78, 5) is 12.7. The van der Waals surface area contributed by atoms with Gasteiger partial charge in [-0.15, -0.1) is 0 Å². The number of nitrogens with zero attached hydrogens (tertiary/aromatic N) is 2. The fraction of sp³-hybridized carbons (Fsp3) is 0.286. The molecule has 19 heavy (non-hydrogen) atoms. The molecule has 0 saturated heterocycles. The molecule has 0 saturated carbocycles. The molecule has 2 aromatic rings. The minimum Gasteiger partial charge on any atom is -0.480 e. The monoisotopic (exact) mass is 258 g/mol. The zero-order valence-electron chi connectivity index (χ0n) is 10.4. The Morgan fingerprint density at radius 1 is 1.37 bits per heavy atom. The molecule has 0 amide bonds. The first kappa shape index (κ1) is 11.9. The fourth-order valence-electron chi connectivity index (χ4n) is 2.41. The molecule has 5 heteroatoms. The molecule has 3 rings (SSSR count). The molecule has 1 aliphatic rings. The molecule has 2 heterocycles. The quantitative estimate of drug-likeness (QED) is 0.909. The molecule has 0 radical (unpaired) electrons. The second-order valence-electron chi connectivity index (χ2n) is 4.65. The van der Waals surface area contributed by atoms with Crippen molar-refractivity contribution in [1.82, 2.24) is 10.1 Å². The summed E-state index contributed by atoms with van der Waals surface area (Å²) >= 11 is 0. The van der Waals surface area contributed by atoms with E-state index in [9.17, 15) is 4.79 Å². The number of fused-ring (bicyclic) bond motifs is 1. The van der Waals surface area contributed by atoms with Crippen LogP contribution >= 0.6 is 0 Å². The van der Waals surface area contributed by atoms with Gasteiger partial charge in [0.1, 0.15) is 11.5 Å². The molecule has 0 bridgehead atoms. The van der Waals surface area contributed by atoms with Gasteiger partial charge in [-0.05, 0) is 0 Å². The van der Waals surface area contributed by atoms with Crippen LogP contribution in [0.25, 0.3) is 11.3 Å². The van der Waals surface area contributed by atoms with Crippen molar-refractivity contribution in [3.05, 3.63) is 41.7 Å². The summed E-state index contributed by atoms with van der Waals surface area (Å²) in [6, 6.07) is 9.82. The van der Waals surface area contributed by atoms with Crippen molar-refractivity contribution in [1.29, 1.82) is 0 Å². The summed E-state index contributed by atoms with van der Waals surface area (Å²) in [6.07, 6.45) is 0.711. The normalized spacial score (nSPS) is 15.2. The van der Waals surface area contributed by atoms with Crippen molar-refractivity contribution in [2.45, 2.75) is 13.0 Å². The SMILES string of the molecule is O=C(O)CN1CCc2onc(-c3ccccc3)c2C1. The van der Waals surface area contributed by atoms with Crippen LogP contribution in [0.1, 0.15) is 11.3 Å². The first-order chi connectivity index (χ1) is 9.24. The lowest BCUT2D eigenvalue weighted by molar-refractivity contribution is -0.138. The maximum absolute atomic E-state index is 10.8. The molecule has 0 unspecified atom stereocenters. The van der Waals surface area contributed by atoms with Gasteiger partial charge in [-0.25, -0.2) is 0 Å². The van der Waals surface area contributed by atoms with Crippen LogP contribution in [-0.4, -0.2) is 34.2 Å². The summed E-state index contributed by atoms with van der Waals surface area (Å²) in [5.74, 6) is 0.0710. The number of hydrogen-bond acceptors (Lipinski definition) is 4. The van der Waals surface area contributed by atoms with E-state index >= 15 is 0 Å². The van der Waals surface area contributed by atoms with Crippen molar-refractivity contribution in [3.63, 3.8) is 0 Å². The van der Waals surface area contributed by atoms with E-state index < -0.39 is 5.97 Å². The van der Waals surface area contributed by atoms with Gasteiger partial charge in [-0.1, -0.05) is 35.5 Å². The molecule has 0 spiro atoms. The van der Waals surface area contributed by atoms with Crippen LogP contribution in [0.3, 0.4) is 0 Å². The van der Waals surface area contributed by atoms with Gasteiger partial charge in [-0.3, -0.25) is 9.69 Å². The van der Waals surface area contributed by atoms with Crippen LogP contribution in [0.15, 0.2) is 34.9 Å². The van der Waals surface area contributed by atoms with Crippen LogP contribution < -0.4 is 0 Å². The Kier molecular flexibility index (Phi) is 3.05. The molecule has 5 nitrogen and oxygen atoms in total. The van der Waals surface area contributed by atoms with E-state index in [1.165, 1.54) is 0 Å². The summed E-state index contributed by atoms with van der Waals surface area (Å²) in [5.41, 5.74) is 2.84. The largest absolute Gasteiger partial charge is 0.480 e. The van der Waals surface area contributed by atoms with E-state index in [4.69, 9.17) is 9.63 Å². The van der Waals surface area contributed by atoms with Gasteiger partial charge >= 0.3 is 5.97 Å². The predicted octanol–water partition coefficient (Wildman–Crippen LogP) is 1.78. The van der Waals surface area contributed by atoms with Gasteiger partial charge in [-0.2, -0.15) is 0 Å². The second-order valence-corrected chi connectivity index (χ2v) is 4.65. The maximum atomic E-state index is 10.8. The van der Waals surface area contributed by atoms with Crippen LogP contribution in [0.5, 0.6) is 0 Å². The molecule has 1 N–H and O–H groups in total. The number of benzene rings is 1.